The van der Waals surface area contributed by atoms with Gasteiger partial charge in [-0.05, 0) is 31.7 Å². The number of esters is 1. The minimum atomic E-state index is -1.29. The number of rotatable bonds is 9. The average molecular weight is 285 g/mol. The van der Waals surface area contributed by atoms with Gasteiger partial charge in [0.2, 0.25) is 0 Å². The molecule has 0 aromatic rings. The summed E-state index contributed by atoms with van der Waals surface area (Å²) < 4.78 is 5.21. The fourth-order valence-electron chi connectivity index (χ4n) is 2.15. The molecule has 0 aliphatic carbocycles. The molecule has 0 aliphatic rings. The van der Waals surface area contributed by atoms with Gasteiger partial charge in [-0.25, -0.2) is 4.79 Å². The summed E-state index contributed by atoms with van der Waals surface area (Å²) in [7, 11) is -1.29. The fourth-order valence-corrected chi connectivity index (χ4v) is 3.56. The lowest BCUT2D eigenvalue weighted by Gasteiger charge is -2.19. The molecule has 0 aromatic heterocycles. The maximum absolute atomic E-state index is 12.1. The maximum atomic E-state index is 12.1. The summed E-state index contributed by atoms with van der Waals surface area (Å²) in [5.41, 5.74) is 0.920. The Morgan fingerprint density at radius 1 is 1.21 bits per heavy atom. The van der Waals surface area contributed by atoms with E-state index < -0.39 is 8.07 Å². The molecule has 1 unspecified atom stereocenters. The van der Waals surface area contributed by atoms with E-state index in [0.717, 1.165) is 18.0 Å². The minimum absolute atomic E-state index is 0.0973. The van der Waals surface area contributed by atoms with Crippen molar-refractivity contribution in [2.75, 3.05) is 6.61 Å². The first-order valence-corrected chi connectivity index (χ1v) is 11.4. The topological polar surface area (TPSA) is 26.3 Å². The molecule has 112 valence electrons. The van der Waals surface area contributed by atoms with Gasteiger partial charge in [-0.15, -0.1) is 0 Å². The Morgan fingerprint density at radius 3 is 2.26 bits per heavy atom. The molecule has 0 N–H and O–H groups in total. The second-order valence-electron chi connectivity index (χ2n) is 6.46. The highest BCUT2D eigenvalue weighted by Crippen LogP contribution is 2.23. The number of hydrogen-bond donors (Lipinski definition) is 0. The van der Waals surface area contributed by atoms with Crippen molar-refractivity contribution in [3.8, 4) is 0 Å². The van der Waals surface area contributed by atoms with Crippen molar-refractivity contribution in [1.82, 2.24) is 0 Å². The predicted octanol–water partition coefficient (Wildman–Crippen LogP) is 5.03. The number of carbonyl (C=O) groups excluding carboxylic acids is 1. The second-order valence-corrected chi connectivity index (χ2v) is 11.9. The van der Waals surface area contributed by atoms with Gasteiger partial charge in [0.25, 0.3) is 0 Å². The molecule has 0 spiro atoms. The Bertz CT molecular complexity index is 290. The van der Waals surface area contributed by atoms with Gasteiger partial charge >= 0.3 is 5.97 Å². The molecular formula is C16H32O2Si. The third kappa shape index (κ3) is 9.03. The number of allylic oxidation sites excluding steroid dienone is 1. The molecule has 0 radical (unpaired) electrons. The van der Waals surface area contributed by atoms with E-state index in [4.69, 9.17) is 4.74 Å². The summed E-state index contributed by atoms with van der Waals surface area (Å²) in [6.45, 7) is 13.7. The molecule has 0 saturated carbocycles. The van der Waals surface area contributed by atoms with E-state index in [1.54, 1.807) is 0 Å². The number of hydrogen-bond acceptors (Lipinski definition) is 2. The Morgan fingerprint density at radius 2 is 1.84 bits per heavy atom. The highest BCUT2D eigenvalue weighted by atomic mass is 28.3. The summed E-state index contributed by atoms with van der Waals surface area (Å²) in [5.74, 6) is 0.426. The molecule has 0 fully saturated rings. The van der Waals surface area contributed by atoms with Crippen molar-refractivity contribution in [3.05, 3.63) is 11.6 Å². The molecule has 0 bridgehead atoms. The molecule has 0 aliphatic heterocycles. The molecule has 0 saturated heterocycles. The van der Waals surface area contributed by atoms with E-state index >= 15 is 0 Å². The number of carbonyl (C=O) groups is 1. The van der Waals surface area contributed by atoms with E-state index in [0.29, 0.717) is 12.5 Å². The third-order valence-electron chi connectivity index (χ3n) is 3.15. The van der Waals surface area contributed by atoms with Crippen molar-refractivity contribution < 1.29 is 9.53 Å². The van der Waals surface area contributed by atoms with E-state index in [1.165, 1.54) is 19.3 Å². The summed E-state index contributed by atoms with van der Waals surface area (Å²) >= 11 is 0. The molecule has 0 amide bonds. The van der Waals surface area contributed by atoms with Gasteiger partial charge in [0.05, 0.1) is 6.61 Å². The Hall–Kier alpha value is -0.573. The minimum Gasteiger partial charge on any atom is -0.463 e. The van der Waals surface area contributed by atoms with Gasteiger partial charge in [-0.2, -0.15) is 0 Å². The van der Waals surface area contributed by atoms with Gasteiger partial charge in [-0.3, -0.25) is 0 Å². The predicted molar refractivity (Wildman–Crippen MR) is 86.2 cm³/mol. The lowest BCUT2D eigenvalue weighted by Crippen LogP contribution is -2.24. The van der Waals surface area contributed by atoms with Gasteiger partial charge in [0.15, 0.2) is 0 Å². The van der Waals surface area contributed by atoms with Crippen molar-refractivity contribution in [2.24, 2.45) is 5.92 Å². The molecule has 0 aromatic carbocycles. The lowest BCUT2D eigenvalue weighted by atomic mass is 9.97. The van der Waals surface area contributed by atoms with Crippen LogP contribution in [0.25, 0.3) is 0 Å². The van der Waals surface area contributed by atoms with Crippen LogP contribution in [0.15, 0.2) is 11.6 Å². The fraction of sp³-hybridized carbons (Fsp3) is 0.812. The van der Waals surface area contributed by atoms with Crippen LogP contribution in [0.2, 0.25) is 25.7 Å². The van der Waals surface area contributed by atoms with Crippen molar-refractivity contribution in [3.63, 3.8) is 0 Å². The van der Waals surface area contributed by atoms with Crippen LogP contribution in [0.1, 0.15) is 46.5 Å². The quantitative estimate of drug-likeness (QED) is 0.337. The second kappa shape index (κ2) is 9.35. The first kappa shape index (κ1) is 18.4. The van der Waals surface area contributed by atoms with Crippen LogP contribution in [-0.4, -0.2) is 20.7 Å². The van der Waals surface area contributed by atoms with E-state index in [2.05, 4.69) is 39.6 Å². The van der Waals surface area contributed by atoms with Crippen LogP contribution in [0.5, 0.6) is 0 Å². The monoisotopic (exact) mass is 284 g/mol. The van der Waals surface area contributed by atoms with Gasteiger partial charge in [0, 0.05) is 13.6 Å². The highest BCUT2D eigenvalue weighted by molar-refractivity contribution is 6.77. The van der Waals surface area contributed by atoms with Crippen molar-refractivity contribution >= 4 is 14.0 Å². The normalized spacial score (nSPS) is 14.3. The molecule has 0 heterocycles. The molecule has 2 nitrogen and oxygen atoms in total. The van der Waals surface area contributed by atoms with Crippen LogP contribution in [0.3, 0.4) is 0 Å². The maximum Gasteiger partial charge on any atom is 0.333 e. The van der Waals surface area contributed by atoms with Gasteiger partial charge in [0.1, 0.15) is 0 Å². The standard InChI is InChI=1S/C16H32O2Si/c1-7-10-11-14(8-2)12-15(13-19(4,5)6)16(17)18-9-3/h12,14H,7-11,13H2,1-6H3/b15-12-. The summed E-state index contributed by atoms with van der Waals surface area (Å²) in [6, 6.07) is 0.925. The smallest absolute Gasteiger partial charge is 0.333 e. The first-order chi connectivity index (χ1) is 8.84. The SMILES string of the molecule is CCCCC(/C=C(/C[Si](C)(C)C)C(=O)OCC)CC. The van der Waals surface area contributed by atoms with Crippen LogP contribution >= 0.6 is 0 Å². The van der Waals surface area contributed by atoms with Gasteiger partial charge in [-0.1, -0.05) is 52.4 Å². The lowest BCUT2D eigenvalue weighted by molar-refractivity contribution is -0.138. The van der Waals surface area contributed by atoms with E-state index in [1.807, 2.05) is 6.92 Å². The first-order valence-electron chi connectivity index (χ1n) is 7.71. The molecule has 1 atom stereocenters. The molecule has 3 heteroatoms. The zero-order valence-corrected chi connectivity index (χ0v) is 14.7. The van der Waals surface area contributed by atoms with Gasteiger partial charge < -0.3 is 4.74 Å². The van der Waals surface area contributed by atoms with Crippen LogP contribution in [-0.2, 0) is 9.53 Å². The van der Waals surface area contributed by atoms with Crippen LogP contribution in [0, 0.1) is 5.92 Å². The Balaban J connectivity index is 4.91. The Labute approximate surface area is 120 Å². The van der Waals surface area contributed by atoms with E-state index in [-0.39, 0.29) is 5.97 Å². The average Bonchev–Trinajstić information content (AvgIpc) is 2.31. The van der Waals surface area contributed by atoms with Crippen LogP contribution < -0.4 is 0 Å². The molecule has 19 heavy (non-hydrogen) atoms. The largest absolute Gasteiger partial charge is 0.463 e. The Kier molecular flexibility index (Phi) is 9.07. The molecule has 0 rings (SSSR count). The summed E-state index contributed by atoms with van der Waals surface area (Å²) in [4.78, 5) is 12.1. The molecular weight excluding hydrogens is 252 g/mol. The highest BCUT2D eigenvalue weighted by Gasteiger charge is 2.22. The summed E-state index contributed by atoms with van der Waals surface area (Å²) in [6.07, 6.45) is 6.94. The summed E-state index contributed by atoms with van der Waals surface area (Å²) in [5, 5.41) is 0. The van der Waals surface area contributed by atoms with Crippen molar-refractivity contribution in [1.29, 1.82) is 0 Å². The van der Waals surface area contributed by atoms with Crippen molar-refractivity contribution in [2.45, 2.75) is 72.1 Å². The zero-order chi connectivity index (χ0) is 14.9. The van der Waals surface area contributed by atoms with E-state index in [9.17, 15) is 4.79 Å². The zero-order valence-electron chi connectivity index (χ0n) is 13.7. The number of unbranched alkanes of at least 4 members (excludes halogenated alkanes) is 1. The number of ether oxygens (including phenoxy) is 1. The third-order valence-corrected chi connectivity index (χ3v) is 4.59. The van der Waals surface area contributed by atoms with Crippen LogP contribution in [0.4, 0.5) is 0 Å².